The van der Waals surface area contributed by atoms with Crippen LogP contribution in [0.4, 0.5) is 5.69 Å². The summed E-state index contributed by atoms with van der Waals surface area (Å²) in [6, 6.07) is 13.1. The molecule has 150 valence electrons. The maximum Gasteiger partial charge on any atom is 0.255 e. The minimum absolute atomic E-state index is 0.0698. The van der Waals surface area contributed by atoms with E-state index in [0.29, 0.717) is 24.2 Å². The van der Waals surface area contributed by atoms with Crippen LogP contribution in [-0.4, -0.2) is 33.2 Å². The average molecular weight is 390 g/mol. The van der Waals surface area contributed by atoms with Crippen LogP contribution in [0.25, 0.3) is 11.0 Å². The van der Waals surface area contributed by atoms with Gasteiger partial charge in [-0.05, 0) is 42.3 Å². The van der Waals surface area contributed by atoms with Gasteiger partial charge in [-0.2, -0.15) is 0 Å². The molecular weight excluding hydrogens is 364 g/mol. The van der Waals surface area contributed by atoms with E-state index in [9.17, 15) is 9.59 Å². The number of aromatic nitrogens is 2. The zero-order chi connectivity index (χ0) is 20.6. The lowest BCUT2D eigenvalue weighted by molar-refractivity contribution is -0.128. The highest BCUT2D eigenvalue weighted by atomic mass is 16.2. The fourth-order valence-corrected chi connectivity index (χ4v) is 3.55. The van der Waals surface area contributed by atoms with Crippen molar-refractivity contribution in [1.29, 1.82) is 0 Å². The fraction of sp³-hybridized carbons (Fsp3) is 0.348. The van der Waals surface area contributed by atoms with Crippen LogP contribution in [0.5, 0.6) is 0 Å². The van der Waals surface area contributed by atoms with E-state index in [1.165, 1.54) is 0 Å². The summed E-state index contributed by atoms with van der Waals surface area (Å²) in [5.74, 6) is 0.928. The summed E-state index contributed by atoms with van der Waals surface area (Å²) in [5.41, 5.74) is 3.96. The molecule has 0 unspecified atom stereocenters. The molecule has 4 rings (SSSR count). The largest absolute Gasteiger partial charge is 0.341 e. The lowest BCUT2D eigenvalue weighted by Gasteiger charge is -2.16. The van der Waals surface area contributed by atoms with Crippen molar-refractivity contribution >= 4 is 28.5 Å². The predicted molar refractivity (Wildman–Crippen MR) is 114 cm³/mol. The number of H-pyrrole nitrogens is 1. The number of nitrogens with one attached hydrogen (secondary N) is 2. The van der Waals surface area contributed by atoms with Crippen molar-refractivity contribution in [2.45, 2.75) is 45.6 Å². The van der Waals surface area contributed by atoms with Crippen molar-refractivity contribution in [3.05, 3.63) is 59.4 Å². The maximum atomic E-state index is 12.8. The summed E-state index contributed by atoms with van der Waals surface area (Å²) in [5, 5.41) is 2.96. The lowest BCUT2D eigenvalue weighted by atomic mass is 9.96. The number of anilines is 1. The van der Waals surface area contributed by atoms with E-state index in [0.717, 1.165) is 35.4 Å². The molecule has 1 saturated heterocycles. The third kappa shape index (κ3) is 4.16. The van der Waals surface area contributed by atoms with Gasteiger partial charge in [-0.15, -0.1) is 0 Å². The van der Waals surface area contributed by atoms with Crippen LogP contribution in [0.3, 0.4) is 0 Å². The Hall–Kier alpha value is -3.15. The third-order valence-electron chi connectivity index (χ3n) is 5.18. The molecular formula is C23H26N4O2. The normalized spacial score (nSPS) is 14.6. The van der Waals surface area contributed by atoms with Gasteiger partial charge in [-0.3, -0.25) is 9.59 Å². The molecule has 6 nitrogen and oxygen atoms in total. The van der Waals surface area contributed by atoms with E-state index >= 15 is 0 Å². The number of hydrogen-bond donors (Lipinski definition) is 2. The molecule has 0 radical (unpaired) electrons. The summed E-state index contributed by atoms with van der Waals surface area (Å²) in [4.78, 5) is 34.4. The van der Waals surface area contributed by atoms with E-state index < -0.39 is 0 Å². The fourth-order valence-electron chi connectivity index (χ4n) is 3.55. The number of amides is 2. The van der Waals surface area contributed by atoms with Gasteiger partial charge in [0.2, 0.25) is 5.91 Å². The number of carbonyl (C=O) groups excluding carboxylic acids is 2. The number of carbonyl (C=O) groups is 2. The molecule has 1 aliphatic heterocycles. The minimum atomic E-state index is -0.172. The zero-order valence-electron chi connectivity index (χ0n) is 17.1. The van der Waals surface area contributed by atoms with Crippen molar-refractivity contribution in [1.82, 2.24) is 14.9 Å². The van der Waals surface area contributed by atoms with Crippen molar-refractivity contribution < 1.29 is 9.59 Å². The molecule has 0 bridgehead atoms. The van der Waals surface area contributed by atoms with Crippen LogP contribution >= 0.6 is 0 Å². The van der Waals surface area contributed by atoms with E-state index in [1.807, 2.05) is 41.3 Å². The van der Waals surface area contributed by atoms with Crippen molar-refractivity contribution in [2.75, 3.05) is 11.9 Å². The molecule has 0 atom stereocenters. The number of nitrogens with zero attached hydrogens (tertiary/aromatic N) is 2. The van der Waals surface area contributed by atoms with Crippen molar-refractivity contribution in [3.8, 4) is 0 Å². The van der Waals surface area contributed by atoms with Gasteiger partial charge in [0.05, 0.1) is 11.0 Å². The third-order valence-corrected chi connectivity index (χ3v) is 5.18. The van der Waals surface area contributed by atoms with Crippen LogP contribution in [0.1, 0.15) is 55.4 Å². The molecule has 0 aliphatic carbocycles. The first-order valence-electron chi connectivity index (χ1n) is 9.98. The quantitative estimate of drug-likeness (QED) is 0.700. The molecule has 2 aromatic carbocycles. The Labute approximate surface area is 170 Å². The number of aromatic amines is 1. The Balaban J connectivity index is 1.50. The van der Waals surface area contributed by atoms with E-state index in [-0.39, 0.29) is 17.2 Å². The molecule has 1 fully saturated rings. The Kier molecular flexibility index (Phi) is 4.86. The molecule has 2 N–H and O–H groups in total. The van der Waals surface area contributed by atoms with Crippen molar-refractivity contribution in [3.63, 3.8) is 0 Å². The molecule has 2 amide bonds. The van der Waals surface area contributed by atoms with Crippen LogP contribution in [0.2, 0.25) is 0 Å². The summed E-state index contributed by atoms with van der Waals surface area (Å²) in [7, 11) is 0. The number of benzene rings is 2. The average Bonchev–Trinajstić information content (AvgIpc) is 3.28. The summed E-state index contributed by atoms with van der Waals surface area (Å²) < 4.78 is 0. The molecule has 6 heteroatoms. The first kappa shape index (κ1) is 19.2. The second kappa shape index (κ2) is 7.35. The van der Waals surface area contributed by atoms with Gasteiger partial charge in [0.15, 0.2) is 0 Å². The highest BCUT2D eigenvalue weighted by Gasteiger charge is 2.21. The standard InChI is InChI=1S/C23H26N4O2/c1-23(2,3)22-25-18-10-9-17(13-19(18)26-22)24-21(29)16-7-4-6-15(12-16)14-27-11-5-8-20(27)28/h4,6-7,9-10,12-13H,5,8,11,14H2,1-3H3,(H,24,29)(H,25,26). The van der Waals surface area contributed by atoms with Crippen molar-refractivity contribution in [2.24, 2.45) is 0 Å². The van der Waals surface area contributed by atoms with Crippen LogP contribution < -0.4 is 5.32 Å². The summed E-state index contributed by atoms with van der Waals surface area (Å²) in [6.45, 7) is 7.66. The first-order valence-corrected chi connectivity index (χ1v) is 9.98. The predicted octanol–water partition coefficient (Wildman–Crippen LogP) is 4.24. The number of fused-ring (bicyclic) bond motifs is 1. The zero-order valence-corrected chi connectivity index (χ0v) is 17.1. The molecule has 29 heavy (non-hydrogen) atoms. The van der Waals surface area contributed by atoms with Gasteiger partial charge in [0.25, 0.3) is 5.91 Å². The van der Waals surface area contributed by atoms with E-state index in [4.69, 9.17) is 0 Å². The molecule has 1 aliphatic rings. The Morgan fingerprint density at radius 3 is 2.76 bits per heavy atom. The van der Waals surface area contributed by atoms with Gasteiger partial charge in [-0.1, -0.05) is 32.9 Å². The van der Waals surface area contributed by atoms with Crippen LogP contribution in [-0.2, 0) is 16.8 Å². The van der Waals surface area contributed by atoms with Crippen LogP contribution in [0.15, 0.2) is 42.5 Å². The number of likely N-dealkylation sites (tertiary alicyclic amines) is 1. The molecule has 3 aromatic rings. The number of rotatable bonds is 4. The van der Waals surface area contributed by atoms with Gasteiger partial charge >= 0.3 is 0 Å². The van der Waals surface area contributed by atoms with Crippen LogP contribution in [0, 0.1) is 0 Å². The molecule has 0 saturated carbocycles. The summed E-state index contributed by atoms with van der Waals surface area (Å²) >= 11 is 0. The number of imidazole rings is 1. The van der Waals surface area contributed by atoms with E-state index in [1.54, 1.807) is 6.07 Å². The summed E-state index contributed by atoms with van der Waals surface area (Å²) in [6.07, 6.45) is 1.53. The monoisotopic (exact) mass is 390 g/mol. The highest BCUT2D eigenvalue weighted by Crippen LogP contribution is 2.24. The number of hydrogen-bond acceptors (Lipinski definition) is 3. The maximum absolute atomic E-state index is 12.8. The second-order valence-electron chi connectivity index (χ2n) is 8.64. The van der Waals surface area contributed by atoms with Gasteiger partial charge < -0.3 is 15.2 Å². The first-order chi connectivity index (χ1) is 13.8. The minimum Gasteiger partial charge on any atom is -0.341 e. The Morgan fingerprint density at radius 2 is 2.03 bits per heavy atom. The highest BCUT2D eigenvalue weighted by molar-refractivity contribution is 6.05. The second-order valence-corrected chi connectivity index (χ2v) is 8.64. The van der Waals surface area contributed by atoms with E-state index in [2.05, 4.69) is 36.1 Å². The molecule has 2 heterocycles. The lowest BCUT2D eigenvalue weighted by Crippen LogP contribution is -2.24. The smallest absolute Gasteiger partial charge is 0.255 e. The van der Waals surface area contributed by atoms with Gasteiger partial charge in [-0.25, -0.2) is 4.98 Å². The van der Waals surface area contributed by atoms with Gasteiger partial charge in [0, 0.05) is 36.2 Å². The van der Waals surface area contributed by atoms with Gasteiger partial charge in [0.1, 0.15) is 5.82 Å². The topological polar surface area (TPSA) is 78.1 Å². The Morgan fingerprint density at radius 1 is 1.21 bits per heavy atom. The Bertz CT molecular complexity index is 1080. The molecule has 0 spiro atoms. The SMILES string of the molecule is CC(C)(C)c1nc2ccc(NC(=O)c3cccc(CN4CCCC4=O)c3)cc2[nH]1. The molecule has 1 aromatic heterocycles.